The predicted molar refractivity (Wildman–Crippen MR) is 76.4 cm³/mol. The molecule has 0 aliphatic rings. The monoisotopic (exact) mass is 333 g/mol. The van der Waals surface area contributed by atoms with Crippen LogP contribution in [-0.4, -0.2) is 29.6 Å². The van der Waals surface area contributed by atoms with Crippen LogP contribution in [0.5, 0.6) is 5.75 Å². The number of carbonyl (C=O) groups excluding carboxylic acids is 1. The maximum absolute atomic E-state index is 12.3. The van der Waals surface area contributed by atoms with E-state index in [0.717, 1.165) is 12.1 Å². The lowest BCUT2D eigenvalue weighted by molar-refractivity contribution is -0.139. The van der Waals surface area contributed by atoms with E-state index in [4.69, 9.17) is 16.7 Å². The molecule has 0 radical (unpaired) electrons. The second-order valence-electron chi connectivity index (χ2n) is 4.25. The fraction of sp³-hybridized carbons (Fsp3) is 0.286. The molecule has 120 valence electrons. The molecule has 0 aliphatic carbocycles. The lowest BCUT2D eigenvalue weighted by Gasteiger charge is -2.16. The van der Waals surface area contributed by atoms with Gasteiger partial charge < -0.3 is 15.2 Å². The maximum Gasteiger partial charge on any atom is 0.387 e. The van der Waals surface area contributed by atoms with Crippen molar-refractivity contribution in [2.75, 3.05) is 0 Å². The molecule has 2 N–H and O–H groups in total. The number of aliphatic carboxylic acids is 1. The average Bonchev–Trinajstić information content (AvgIpc) is 2.44. The Kier molecular flexibility index (Phi) is 6.78. The van der Waals surface area contributed by atoms with Crippen molar-refractivity contribution in [3.8, 4) is 5.75 Å². The van der Waals surface area contributed by atoms with Gasteiger partial charge >= 0.3 is 12.6 Å². The van der Waals surface area contributed by atoms with Crippen molar-refractivity contribution in [2.24, 2.45) is 0 Å². The van der Waals surface area contributed by atoms with Crippen LogP contribution >= 0.6 is 11.6 Å². The van der Waals surface area contributed by atoms with Crippen molar-refractivity contribution < 1.29 is 28.2 Å². The molecule has 1 atom stereocenters. The highest BCUT2D eigenvalue weighted by molar-refractivity contribution is 6.31. The quantitative estimate of drug-likeness (QED) is 0.717. The van der Waals surface area contributed by atoms with Gasteiger partial charge in [0.25, 0.3) is 5.91 Å². The number of ether oxygens (including phenoxy) is 1. The summed E-state index contributed by atoms with van der Waals surface area (Å²) in [6.07, 6.45) is 2.00. The van der Waals surface area contributed by atoms with Crippen molar-refractivity contribution in [2.45, 2.75) is 25.5 Å². The van der Waals surface area contributed by atoms with Crippen LogP contribution in [0, 0.1) is 0 Å². The molecule has 1 unspecified atom stereocenters. The first-order valence-electron chi connectivity index (χ1n) is 6.24. The number of allylic oxidation sites excluding steroid dienone is 1. The molecule has 1 rings (SSSR count). The average molecular weight is 334 g/mol. The Labute approximate surface area is 130 Å². The molecule has 22 heavy (non-hydrogen) atoms. The molecule has 0 aromatic heterocycles. The summed E-state index contributed by atoms with van der Waals surface area (Å²) in [7, 11) is 0. The van der Waals surface area contributed by atoms with Gasteiger partial charge in [-0.25, -0.2) is 4.79 Å². The Morgan fingerprint density at radius 3 is 2.68 bits per heavy atom. The third kappa shape index (κ3) is 5.33. The van der Waals surface area contributed by atoms with Crippen LogP contribution in [0.1, 0.15) is 23.2 Å². The Balaban J connectivity index is 2.97. The lowest BCUT2D eigenvalue weighted by Crippen LogP contribution is -2.40. The molecule has 0 aliphatic heterocycles. The van der Waals surface area contributed by atoms with Crippen LogP contribution in [0.15, 0.2) is 30.9 Å². The lowest BCUT2D eigenvalue weighted by atomic mass is 10.1. The summed E-state index contributed by atoms with van der Waals surface area (Å²) in [6, 6.07) is 2.34. The molecule has 1 aromatic carbocycles. The molecule has 0 spiro atoms. The topological polar surface area (TPSA) is 75.6 Å². The predicted octanol–water partition coefficient (Wildman–Crippen LogP) is 3.09. The standard InChI is InChI=1S/C14H14ClF2NO4/c1-2-3-4-10(13(20)21)18-12(19)9-7-8(15)5-6-11(9)22-14(16)17/h2,5-7,10,14H,1,3-4H2,(H,18,19)(H,20,21). The molecule has 0 saturated carbocycles. The van der Waals surface area contributed by atoms with E-state index in [2.05, 4.69) is 16.6 Å². The fourth-order valence-electron chi connectivity index (χ4n) is 1.66. The number of carbonyl (C=O) groups is 2. The number of halogens is 3. The van der Waals surface area contributed by atoms with Crippen molar-refractivity contribution in [3.63, 3.8) is 0 Å². The van der Waals surface area contributed by atoms with E-state index < -0.39 is 24.5 Å². The zero-order valence-electron chi connectivity index (χ0n) is 11.4. The van der Waals surface area contributed by atoms with Gasteiger partial charge in [0.05, 0.1) is 5.56 Å². The second kappa shape index (κ2) is 8.33. The van der Waals surface area contributed by atoms with Gasteiger partial charge in [0.2, 0.25) is 0 Å². The van der Waals surface area contributed by atoms with Gasteiger partial charge in [-0.05, 0) is 31.0 Å². The second-order valence-corrected chi connectivity index (χ2v) is 4.69. The maximum atomic E-state index is 12.3. The number of benzene rings is 1. The molecule has 1 amide bonds. The van der Waals surface area contributed by atoms with Crippen molar-refractivity contribution >= 4 is 23.5 Å². The summed E-state index contributed by atoms with van der Waals surface area (Å²) >= 11 is 5.73. The largest absolute Gasteiger partial charge is 0.480 e. The highest BCUT2D eigenvalue weighted by atomic mass is 35.5. The van der Waals surface area contributed by atoms with Crippen LogP contribution in [0.4, 0.5) is 8.78 Å². The van der Waals surface area contributed by atoms with Crippen molar-refractivity contribution in [1.29, 1.82) is 0 Å². The minimum atomic E-state index is -3.12. The number of carboxylic acids is 1. The van der Waals surface area contributed by atoms with E-state index in [-0.39, 0.29) is 22.8 Å². The number of nitrogens with one attached hydrogen (secondary N) is 1. The molecule has 0 heterocycles. The SMILES string of the molecule is C=CCCC(NC(=O)c1cc(Cl)ccc1OC(F)F)C(=O)O. The molecule has 8 heteroatoms. The summed E-state index contributed by atoms with van der Waals surface area (Å²) in [4.78, 5) is 23.2. The van der Waals surface area contributed by atoms with Crippen LogP contribution in [0.2, 0.25) is 5.02 Å². The van der Waals surface area contributed by atoms with Gasteiger partial charge in [-0.3, -0.25) is 4.79 Å². The Morgan fingerprint density at radius 2 is 2.14 bits per heavy atom. The van der Waals surface area contributed by atoms with Gasteiger partial charge in [-0.2, -0.15) is 8.78 Å². The van der Waals surface area contributed by atoms with E-state index in [1.165, 1.54) is 12.1 Å². The molecular formula is C14H14ClF2NO4. The number of hydrogen-bond donors (Lipinski definition) is 2. The summed E-state index contributed by atoms with van der Waals surface area (Å²) in [5.74, 6) is -2.49. The first kappa shape index (κ1) is 17.9. The first-order valence-corrected chi connectivity index (χ1v) is 6.62. The molecule has 0 saturated heterocycles. The normalized spacial score (nSPS) is 11.8. The highest BCUT2D eigenvalue weighted by Gasteiger charge is 2.23. The minimum absolute atomic E-state index is 0.121. The number of carboxylic acid groups (broad SMARTS) is 1. The van der Waals surface area contributed by atoms with Crippen molar-refractivity contribution in [3.05, 3.63) is 41.4 Å². The number of alkyl halides is 2. The zero-order chi connectivity index (χ0) is 16.7. The van der Waals surface area contributed by atoms with Crippen LogP contribution in [0.25, 0.3) is 0 Å². The Morgan fingerprint density at radius 1 is 1.45 bits per heavy atom. The Hall–Kier alpha value is -2.15. The summed E-state index contributed by atoms with van der Waals surface area (Å²) in [5.41, 5.74) is -0.266. The molecule has 5 nitrogen and oxygen atoms in total. The van der Waals surface area contributed by atoms with Crippen LogP contribution < -0.4 is 10.1 Å². The number of rotatable bonds is 8. The molecule has 0 bridgehead atoms. The first-order chi connectivity index (χ1) is 10.3. The van der Waals surface area contributed by atoms with E-state index in [1.54, 1.807) is 0 Å². The van der Waals surface area contributed by atoms with E-state index in [9.17, 15) is 18.4 Å². The zero-order valence-corrected chi connectivity index (χ0v) is 12.1. The van der Waals surface area contributed by atoms with Crippen LogP contribution in [-0.2, 0) is 4.79 Å². The summed E-state index contributed by atoms with van der Waals surface area (Å²) in [6.45, 7) is 0.340. The smallest absolute Gasteiger partial charge is 0.387 e. The molecule has 0 fully saturated rings. The van der Waals surface area contributed by atoms with Gasteiger partial charge in [0.15, 0.2) is 0 Å². The minimum Gasteiger partial charge on any atom is -0.480 e. The van der Waals surface area contributed by atoms with Gasteiger partial charge in [-0.15, -0.1) is 6.58 Å². The van der Waals surface area contributed by atoms with Gasteiger partial charge in [-0.1, -0.05) is 17.7 Å². The third-order valence-corrected chi connectivity index (χ3v) is 2.90. The number of amides is 1. The van der Waals surface area contributed by atoms with E-state index in [0.29, 0.717) is 6.42 Å². The molecule has 1 aromatic rings. The van der Waals surface area contributed by atoms with Gasteiger partial charge in [0.1, 0.15) is 11.8 Å². The number of hydrogen-bond acceptors (Lipinski definition) is 3. The van der Waals surface area contributed by atoms with E-state index >= 15 is 0 Å². The molecular weight excluding hydrogens is 320 g/mol. The van der Waals surface area contributed by atoms with E-state index in [1.807, 2.05) is 0 Å². The fourth-order valence-corrected chi connectivity index (χ4v) is 1.83. The highest BCUT2D eigenvalue weighted by Crippen LogP contribution is 2.24. The third-order valence-electron chi connectivity index (χ3n) is 2.67. The van der Waals surface area contributed by atoms with Crippen LogP contribution in [0.3, 0.4) is 0 Å². The summed E-state index contributed by atoms with van der Waals surface area (Å²) in [5, 5.41) is 11.4. The van der Waals surface area contributed by atoms with Gasteiger partial charge in [0, 0.05) is 5.02 Å². The summed E-state index contributed by atoms with van der Waals surface area (Å²) < 4.78 is 28.9. The van der Waals surface area contributed by atoms with Crippen molar-refractivity contribution in [1.82, 2.24) is 5.32 Å². The Bertz CT molecular complexity index is 566.